The summed E-state index contributed by atoms with van der Waals surface area (Å²) in [4.78, 5) is 19.4. The van der Waals surface area contributed by atoms with Crippen molar-refractivity contribution < 1.29 is 13.9 Å². The molecule has 1 aromatic carbocycles. The molecule has 0 aliphatic carbocycles. The van der Waals surface area contributed by atoms with Crippen molar-refractivity contribution >= 4 is 17.6 Å². The minimum Gasteiger partial charge on any atom is -0.461 e. The fraction of sp³-hybridized carbons (Fsp3) is 0.154. The van der Waals surface area contributed by atoms with Gasteiger partial charge in [-0.25, -0.2) is 19.2 Å². The number of nitrogens with zero attached hydrogens (tertiary/aromatic N) is 2. The summed E-state index contributed by atoms with van der Waals surface area (Å²) < 4.78 is 18.3. The predicted molar refractivity (Wildman–Crippen MR) is 67.7 cm³/mol. The van der Waals surface area contributed by atoms with Gasteiger partial charge in [-0.1, -0.05) is 12.1 Å². The monoisotopic (exact) mass is 261 g/mol. The number of hydrogen-bond donors (Lipinski definition) is 1. The molecule has 0 atom stereocenters. The van der Waals surface area contributed by atoms with Gasteiger partial charge in [-0.2, -0.15) is 0 Å². The Bertz CT molecular complexity index is 590. The van der Waals surface area contributed by atoms with E-state index in [9.17, 15) is 9.18 Å². The van der Waals surface area contributed by atoms with Gasteiger partial charge in [0.15, 0.2) is 5.69 Å². The number of nitrogens with one attached hydrogen (secondary N) is 1. The minimum absolute atomic E-state index is 0.121. The van der Waals surface area contributed by atoms with Crippen LogP contribution in [0.5, 0.6) is 0 Å². The second kappa shape index (κ2) is 5.90. The van der Waals surface area contributed by atoms with Crippen molar-refractivity contribution in [3.8, 4) is 0 Å². The summed E-state index contributed by atoms with van der Waals surface area (Å²) >= 11 is 0. The molecule has 0 saturated heterocycles. The maximum atomic E-state index is 13.4. The van der Waals surface area contributed by atoms with Crippen LogP contribution in [0.3, 0.4) is 0 Å². The van der Waals surface area contributed by atoms with Crippen LogP contribution in [0.25, 0.3) is 0 Å². The van der Waals surface area contributed by atoms with Crippen molar-refractivity contribution in [2.24, 2.45) is 0 Å². The number of anilines is 2. The summed E-state index contributed by atoms with van der Waals surface area (Å²) in [6, 6.07) is 7.56. The molecule has 1 N–H and O–H groups in total. The normalized spacial score (nSPS) is 10.0. The second-order valence-electron chi connectivity index (χ2n) is 3.59. The van der Waals surface area contributed by atoms with Crippen LogP contribution in [0, 0.1) is 5.82 Å². The lowest BCUT2D eigenvalue weighted by Crippen LogP contribution is -2.09. The summed E-state index contributed by atoms with van der Waals surface area (Å²) in [6.07, 6.45) is 1.41. The fourth-order valence-electron chi connectivity index (χ4n) is 1.42. The van der Waals surface area contributed by atoms with Crippen LogP contribution >= 0.6 is 0 Å². The van der Waals surface area contributed by atoms with E-state index in [0.29, 0.717) is 0 Å². The number of carbonyl (C=O) groups is 1. The predicted octanol–water partition coefficient (Wildman–Crippen LogP) is 2.54. The largest absolute Gasteiger partial charge is 0.461 e. The van der Waals surface area contributed by atoms with Gasteiger partial charge in [-0.15, -0.1) is 0 Å². The maximum absolute atomic E-state index is 13.4. The Balaban J connectivity index is 2.20. The van der Waals surface area contributed by atoms with Gasteiger partial charge in [0, 0.05) is 6.20 Å². The Morgan fingerprint density at radius 2 is 2.16 bits per heavy atom. The van der Waals surface area contributed by atoms with Crippen LogP contribution in [-0.2, 0) is 4.74 Å². The third-order valence-corrected chi connectivity index (χ3v) is 2.26. The van der Waals surface area contributed by atoms with Gasteiger partial charge in [-0.3, -0.25) is 0 Å². The van der Waals surface area contributed by atoms with Crippen LogP contribution < -0.4 is 5.32 Å². The molecule has 0 fully saturated rings. The summed E-state index contributed by atoms with van der Waals surface area (Å²) in [5.74, 6) is -0.829. The molecule has 1 heterocycles. The number of rotatable bonds is 4. The molecule has 0 unspecified atom stereocenters. The summed E-state index contributed by atoms with van der Waals surface area (Å²) in [5.41, 5.74) is 0.360. The van der Waals surface area contributed by atoms with Crippen molar-refractivity contribution in [1.82, 2.24) is 9.97 Å². The van der Waals surface area contributed by atoms with E-state index in [1.807, 2.05) is 0 Å². The first-order chi connectivity index (χ1) is 9.20. The molecule has 5 nitrogen and oxygen atoms in total. The Hall–Kier alpha value is -2.50. The SMILES string of the molecule is CCOC(=O)c1ccnc(Nc2ccccc2F)n1. The Morgan fingerprint density at radius 3 is 2.89 bits per heavy atom. The first kappa shape index (κ1) is 12.9. The average molecular weight is 261 g/mol. The van der Waals surface area contributed by atoms with Crippen LogP contribution in [0.4, 0.5) is 16.0 Å². The Kier molecular flexibility index (Phi) is 4.02. The van der Waals surface area contributed by atoms with E-state index in [-0.39, 0.29) is 23.9 Å². The molecule has 0 saturated carbocycles. The zero-order valence-electron chi connectivity index (χ0n) is 10.3. The smallest absolute Gasteiger partial charge is 0.357 e. The highest BCUT2D eigenvalue weighted by atomic mass is 19.1. The molecule has 0 bridgehead atoms. The molecule has 0 radical (unpaired) electrons. The van der Waals surface area contributed by atoms with Crippen molar-refractivity contribution in [1.29, 1.82) is 0 Å². The second-order valence-corrected chi connectivity index (χ2v) is 3.59. The van der Waals surface area contributed by atoms with E-state index >= 15 is 0 Å². The minimum atomic E-state index is -0.540. The highest BCUT2D eigenvalue weighted by Gasteiger charge is 2.10. The van der Waals surface area contributed by atoms with Crippen molar-refractivity contribution in [3.63, 3.8) is 0 Å². The van der Waals surface area contributed by atoms with Gasteiger partial charge < -0.3 is 10.1 Å². The molecular weight excluding hydrogens is 249 g/mol. The molecule has 2 rings (SSSR count). The third kappa shape index (κ3) is 3.25. The van der Waals surface area contributed by atoms with E-state index in [0.717, 1.165) is 0 Å². The van der Waals surface area contributed by atoms with E-state index < -0.39 is 11.8 Å². The molecule has 0 amide bonds. The number of carbonyl (C=O) groups excluding carboxylic acids is 1. The first-order valence-corrected chi connectivity index (χ1v) is 5.72. The van der Waals surface area contributed by atoms with Gasteiger partial charge in [0.25, 0.3) is 0 Å². The molecule has 19 heavy (non-hydrogen) atoms. The Morgan fingerprint density at radius 1 is 1.37 bits per heavy atom. The third-order valence-electron chi connectivity index (χ3n) is 2.26. The molecule has 98 valence electrons. The number of aromatic nitrogens is 2. The summed E-state index contributed by atoms with van der Waals surface area (Å²) in [7, 11) is 0. The lowest BCUT2D eigenvalue weighted by molar-refractivity contribution is 0.0519. The maximum Gasteiger partial charge on any atom is 0.357 e. The molecule has 6 heteroatoms. The topological polar surface area (TPSA) is 64.1 Å². The number of para-hydroxylation sites is 1. The lowest BCUT2D eigenvalue weighted by Gasteiger charge is -2.06. The zero-order valence-corrected chi connectivity index (χ0v) is 10.3. The Labute approximate surface area is 109 Å². The highest BCUT2D eigenvalue weighted by molar-refractivity contribution is 5.87. The number of hydrogen-bond acceptors (Lipinski definition) is 5. The number of esters is 1. The van der Waals surface area contributed by atoms with Gasteiger partial charge in [0.05, 0.1) is 12.3 Å². The van der Waals surface area contributed by atoms with Gasteiger partial charge in [0.2, 0.25) is 5.95 Å². The molecule has 2 aromatic rings. The van der Waals surface area contributed by atoms with E-state index in [1.54, 1.807) is 25.1 Å². The molecule has 0 aliphatic heterocycles. The van der Waals surface area contributed by atoms with Crippen LogP contribution in [0.1, 0.15) is 17.4 Å². The molecule has 0 spiro atoms. The molecule has 1 aromatic heterocycles. The van der Waals surface area contributed by atoms with Crippen LogP contribution in [0.2, 0.25) is 0 Å². The lowest BCUT2D eigenvalue weighted by atomic mass is 10.3. The van der Waals surface area contributed by atoms with Crippen molar-refractivity contribution in [2.45, 2.75) is 6.92 Å². The van der Waals surface area contributed by atoms with Gasteiger partial charge in [-0.05, 0) is 25.1 Å². The zero-order chi connectivity index (χ0) is 13.7. The number of halogens is 1. The van der Waals surface area contributed by atoms with Gasteiger partial charge in [0.1, 0.15) is 5.82 Å². The number of benzene rings is 1. The van der Waals surface area contributed by atoms with Crippen LogP contribution in [0.15, 0.2) is 36.5 Å². The molecular formula is C13H12FN3O2. The van der Waals surface area contributed by atoms with Crippen molar-refractivity contribution in [3.05, 3.63) is 48.0 Å². The average Bonchev–Trinajstić information content (AvgIpc) is 2.42. The number of ether oxygens (including phenoxy) is 1. The molecule has 0 aliphatic rings. The van der Waals surface area contributed by atoms with Gasteiger partial charge >= 0.3 is 5.97 Å². The standard InChI is InChI=1S/C13H12FN3O2/c1-2-19-12(18)11-7-8-15-13(17-11)16-10-6-4-3-5-9(10)14/h3-8H,2H2,1H3,(H,15,16,17). The highest BCUT2D eigenvalue weighted by Crippen LogP contribution is 2.16. The van der Waals surface area contributed by atoms with Crippen molar-refractivity contribution in [2.75, 3.05) is 11.9 Å². The van der Waals surface area contributed by atoms with E-state index in [1.165, 1.54) is 18.3 Å². The van der Waals surface area contributed by atoms with Crippen LogP contribution in [-0.4, -0.2) is 22.5 Å². The van der Waals surface area contributed by atoms with E-state index in [2.05, 4.69) is 15.3 Å². The summed E-state index contributed by atoms with van der Waals surface area (Å²) in [6.45, 7) is 1.97. The summed E-state index contributed by atoms with van der Waals surface area (Å²) in [5, 5.41) is 2.70. The fourth-order valence-corrected chi connectivity index (χ4v) is 1.42. The van der Waals surface area contributed by atoms with E-state index in [4.69, 9.17) is 4.74 Å². The first-order valence-electron chi connectivity index (χ1n) is 5.72. The quantitative estimate of drug-likeness (QED) is 0.857.